The molecule has 1 heterocycles. The molecule has 0 aromatic carbocycles. The molecule has 82 valence electrons. The van der Waals surface area contributed by atoms with Gasteiger partial charge >= 0.3 is 0 Å². The molecule has 3 atom stereocenters. The number of imidazole rings is 1. The van der Waals surface area contributed by atoms with Gasteiger partial charge in [0.1, 0.15) is 5.82 Å². The maximum atomic E-state index is 10.6. The molecule has 2 aliphatic rings. The molecule has 15 heavy (non-hydrogen) atoms. The van der Waals surface area contributed by atoms with Crippen molar-refractivity contribution in [3.8, 4) is 0 Å². The molecular weight excluding hydrogens is 188 g/mol. The van der Waals surface area contributed by atoms with Crippen molar-refractivity contribution in [2.45, 2.75) is 37.7 Å². The van der Waals surface area contributed by atoms with Crippen LogP contribution >= 0.6 is 0 Å². The van der Waals surface area contributed by atoms with E-state index < -0.39 is 5.60 Å². The van der Waals surface area contributed by atoms with E-state index in [9.17, 15) is 5.11 Å². The third-order valence-corrected chi connectivity index (χ3v) is 4.33. The summed E-state index contributed by atoms with van der Waals surface area (Å²) in [6.45, 7) is 0. The van der Waals surface area contributed by atoms with E-state index in [4.69, 9.17) is 0 Å². The van der Waals surface area contributed by atoms with Crippen LogP contribution in [0.4, 0.5) is 0 Å². The number of nitrogens with zero attached hydrogens (tertiary/aromatic N) is 2. The second kappa shape index (κ2) is 3.08. The highest BCUT2D eigenvalue weighted by Crippen LogP contribution is 2.51. The maximum Gasteiger partial charge on any atom is 0.111 e. The Balaban J connectivity index is 1.81. The van der Waals surface area contributed by atoms with E-state index in [2.05, 4.69) is 4.98 Å². The third-order valence-electron chi connectivity index (χ3n) is 4.33. The standard InChI is InChI=1S/C12H18N2O/c1-14-5-4-13-11(14)8-12(15)7-9-2-3-10(12)6-9/h4-5,9-10,15H,2-3,6-8H2,1H3. The van der Waals surface area contributed by atoms with Gasteiger partial charge in [-0.3, -0.25) is 0 Å². The van der Waals surface area contributed by atoms with E-state index in [0.29, 0.717) is 5.92 Å². The molecule has 1 N–H and O–H groups in total. The summed E-state index contributed by atoms with van der Waals surface area (Å²) in [5.74, 6) is 2.32. The van der Waals surface area contributed by atoms with Gasteiger partial charge in [0.15, 0.2) is 0 Å². The zero-order valence-electron chi connectivity index (χ0n) is 9.19. The first-order valence-corrected chi connectivity index (χ1v) is 5.86. The van der Waals surface area contributed by atoms with Crippen molar-refractivity contribution >= 4 is 0 Å². The predicted octanol–water partition coefficient (Wildman–Crippen LogP) is 1.51. The number of rotatable bonds is 2. The van der Waals surface area contributed by atoms with Gasteiger partial charge in [0.05, 0.1) is 5.60 Å². The average Bonchev–Trinajstić information content (AvgIpc) is 2.83. The van der Waals surface area contributed by atoms with Crippen LogP contribution in [-0.4, -0.2) is 20.3 Å². The molecule has 3 heteroatoms. The molecule has 3 rings (SSSR count). The Morgan fingerprint density at radius 3 is 3.00 bits per heavy atom. The molecule has 2 aliphatic carbocycles. The monoisotopic (exact) mass is 206 g/mol. The fraction of sp³-hybridized carbons (Fsp3) is 0.750. The van der Waals surface area contributed by atoms with Crippen molar-refractivity contribution in [3.05, 3.63) is 18.2 Å². The molecule has 2 bridgehead atoms. The van der Waals surface area contributed by atoms with Crippen LogP contribution in [0.3, 0.4) is 0 Å². The summed E-state index contributed by atoms with van der Waals surface area (Å²) >= 11 is 0. The summed E-state index contributed by atoms with van der Waals surface area (Å²) in [5, 5.41) is 10.6. The summed E-state index contributed by atoms with van der Waals surface area (Å²) < 4.78 is 2.02. The van der Waals surface area contributed by atoms with E-state index in [-0.39, 0.29) is 0 Å². The lowest BCUT2D eigenvalue weighted by molar-refractivity contribution is -0.0146. The molecule has 1 aromatic rings. The SMILES string of the molecule is Cn1ccnc1CC1(O)CC2CCC1C2. The summed E-state index contributed by atoms with van der Waals surface area (Å²) in [7, 11) is 2.00. The Bertz CT molecular complexity index is 373. The van der Waals surface area contributed by atoms with Gasteiger partial charge in [0.2, 0.25) is 0 Å². The van der Waals surface area contributed by atoms with Gasteiger partial charge in [-0.05, 0) is 37.5 Å². The summed E-state index contributed by atoms with van der Waals surface area (Å²) in [5.41, 5.74) is -0.456. The Hall–Kier alpha value is -0.830. The normalized spacial score (nSPS) is 38.8. The number of hydrogen-bond donors (Lipinski definition) is 1. The van der Waals surface area contributed by atoms with Gasteiger partial charge in [-0.2, -0.15) is 0 Å². The minimum atomic E-state index is -0.456. The van der Waals surface area contributed by atoms with E-state index >= 15 is 0 Å². The van der Waals surface area contributed by atoms with Crippen LogP contribution in [0, 0.1) is 11.8 Å². The van der Waals surface area contributed by atoms with Gasteiger partial charge in [0.25, 0.3) is 0 Å². The zero-order chi connectivity index (χ0) is 10.5. The van der Waals surface area contributed by atoms with Gasteiger partial charge < -0.3 is 9.67 Å². The van der Waals surface area contributed by atoms with E-state index in [1.54, 1.807) is 0 Å². The van der Waals surface area contributed by atoms with E-state index in [1.165, 1.54) is 19.3 Å². The van der Waals surface area contributed by atoms with Crippen molar-refractivity contribution in [2.24, 2.45) is 18.9 Å². The number of aryl methyl sites for hydroxylation is 1. The number of aromatic nitrogens is 2. The fourth-order valence-electron chi connectivity index (χ4n) is 3.47. The van der Waals surface area contributed by atoms with Crippen molar-refractivity contribution in [1.29, 1.82) is 0 Å². The highest BCUT2D eigenvalue weighted by Gasteiger charge is 2.50. The molecule has 3 nitrogen and oxygen atoms in total. The van der Waals surface area contributed by atoms with Gasteiger partial charge in [-0.25, -0.2) is 4.98 Å². The largest absolute Gasteiger partial charge is 0.389 e. The lowest BCUT2D eigenvalue weighted by Gasteiger charge is -2.32. The van der Waals surface area contributed by atoms with Gasteiger partial charge in [-0.1, -0.05) is 0 Å². The minimum Gasteiger partial charge on any atom is -0.389 e. The first-order chi connectivity index (χ1) is 7.17. The van der Waals surface area contributed by atoms with Crippen LogP contribution in [0.1, 0.15) is 31.5 Å². The van der Waals surface area contributed by atoms with Crippen LogP contribution in [0.2, 0.25) is 0 Å². The van der Waals surface area contributed by atoms with Gasteiger partial charge in [-0.15, -0.1) is 0 Å². The van der Waals surface area contributed by atoms with Crippen molar-refractivity contribution in [1.82, 2.24) is 9.55 Å². The molecule has 2 saturated carbocycles. The van der Waals surface area contributed by atoms with Crippen molar-refractivity contribution < 1.29 is 5.11 Å². The van der Waals surface area contributed by atoms with E-state index in [1.807, 2.05) is 24.0 Å². The smallest absolute Gasteiger partial charge is 0.111 e. The van der Waals surface area contributed by atoms with Gasteiger partial charge in [0, 0.05) is 25.9 Å². The molecule has 0 amide bonds. The first kappa shape index (κ1) is 9.40. The Labute approximate surface area is 90.1 Å². The number of hydrogen-bond acceptors (Lipinski definition) is 2. The summed E-state index contributed by atoms with van der Waals surface area (Å²) in [6, 6.07) is 0. The highest BCUT2D eigenvalue weighted by atomic mass is 16.3. The maximum absolute atomic E-state index is 10.6. The quantitative estimate of drug-likeness (QED) is 0.796. The molecule has 0 radical (unpaired) electrons. The lowest BCUT2D eigenvalue weighted by Crippen LogP contribution is -2.38. The molecule has 0 spiro atoms. The average molecular weight is 206 g/mol. The van der Waals surface area contributed by atoms with Crippen LogP contribution in [-0.2, 0) is 13.5 Å². The summed E-state index contributed by atoms with van der Waals surface area (Å²) in [4.78, 5) is 4.31. The molecule has 1 aromatic heterocycles. The molecule has 0 saturated heterocycles. The first-order valence-electron chi connectivity index (χ1n) is 5.86. The predicted molar refractivity (Wildman–Crippen MR) is 57.3 cm³/mol. The fourth-order valence-corrected chi connectivity index (χ4v) is 3.47. The van der Waals surface area contributed by atoms with Crippen molar-refractivity contribution in [3.63, 3.8) is 0 Å². The molecule has 0 aliphatic heterocycles. The highest BCUT2D eigenvalue weighted by molar-refractivity contribution is 5.07. The molecular formula is C12H18N2O. The number of aliphatic hydroxyl groups is 1. The van der Waals surface area contributed by atoms with E-state index in [0.717, 1.165) is 24.6 Å². The van der Waals surface area contributed by atoms with Crippen LogP contribution in [0.5, 0.6) is 0 Å². The Morgan fingerprint density at radius 1 is 1.60 bits per heavy atom. The van der Waals surface area contributed by atoms with Crippen LogP contribution < -0.4 is 0 Å². The third kappa shape index (κ3) is 1.41. The minimum absolute atomic E-state index is 0.456. The molecule has 3 unspecified atom stereocenters. The topological polar surface area (TPSA) is 38.0 Å². The summed E-state index contributed by atoms with van der Waals surface area (Å²) in [6.07, 6.45) is 9.26. The van der Waals surface area contributed by atoms with Crippen LogP contribution in [0.15, 0.2) is 12.4 Å². The lowest BCUT2D eigenvalue weighted by atomic mass is 9.81. The second-order valence-corrected chi connectivity index (χ2v) is 5.31. The zero-order valence-corrected chi connectivity index (χ0v) is 9.19. The number of fused-ring (bicyclic) bond motifs is 2. The van der Waals surface area contributed by atoms with Crippen molar-refractivity contribution in [2.75, 3.05) is 0 Å². The second-order valence-electron chi connectivity index (χ2n) is 5.31. The Kier molecular flexibility index (Phi) is 1.93. The molecule has 2 fully saturated rings. The van der Waals surface area contributed by atoms with Crippen LogP contribution in [0.25, 0.3) is 0 Å². The Morgan fingerprint density at radius 2 is 2.47 bits per heavy atom.